The van der Waals surface area contributed by atoms with Gasteiger partial charge >= 0.3 is 6.18 Å². The molecule has 0 bridgehead atoms. The van der Waals surface area contributed by atoms with Crippen molar-refractivity contribution < 1.29 is 36.4 Å². The lowest BCUT2D eigenvalue weighted by atomic mass is 9.77. The first kappa shape index (κ1) is 27.4. The number of nitrogens with zero attached hydrogens (tertiary/aromatic N) is 3. The Bertz CT molecular complexity index is 1520. The average Bonchev–Trinajstić information content (AvgIpc) is 2.78. The van der Waals surface area contributed by atoms with Crippen molar-refractivity contribution in [2.75, 3.05) is 11.6 Å². The van der Waals surface area contributed by atoms with Gasteiger partial charge in [0.15, 0.2) is 17.3 Å². The first-order valence-electron chi connectivity index (χ1n) is 11.3. The molecule has 1 amide bonds. The predicted molar refractivity (Wildman–Crippen MR) is 128 cm³/mol. The molecule has 3 N–H and O–H groups in total. The SMILES string of the molecule is Cc1nc(C2(O)CCC2)cc(F)c1Oc1nnc(C(F)(F)F)c(C)c1C(=O)Nc1cccc(S(C)(=N)=O)c1. The molecular weight excluding hydrogens is 530 g/mol. The highest BCUT2D eigenvalue weighted by molar-refractivity contribution is 7.91. The van der Waals surface area contributed by atoms with E-state index < -0.39 is 61.7 Å². The van der Waals surface area contributed by atoms with Gasteiger partial charge in [-0.05, 0) is 56.9 Å². The minimum Gasteiger partial charge on any atom is -0.432 e. The maximum absolute atomic E-state index is 15.0. The van der Waals surface area contributed by atoms with Gasteiger partial charge in [0, 0.05) is 22.9 Å². The summed E-state index contributed by atoms with van der Waals surface area (Å²) in [5, 5.41) is 19.5. The molecule has 0 saturated heterocycles. The van der Waals surface area contributed by atoms with E-state index in [2.05, 4.69) is 20.5 Å². The Kier molecular flexibility index (Phi) is 6.91. The number of halogens is 4. The molecule has 1 fully saturated rings. The van der Waals surface area contributed by atoms with Crippen molar-refractivity contribution in [3.05, 3.63) is 64.4 Å². The Morgan fingerprint density at radius 2 is 1.89 bits per heavy atom. The molecular formula is C24H23F4N5O4S. The zero-order chi connectivity index (χ0) is 28.0. The van der Waals surface area contributed by atoms with Crippen molar-refractivity contribution in [1.82, 2.24) is 15.2 Å². The van der Waals surface area contributed by atoms with E-state index in [1.54, 1.807) is 0 Å². The molecule has 2 aromatic heterocycles. The van der Waals surface area contributed by atoms with Crippen molar-refractivity contribution in [1.29, 1.82) is 4.78 Å². The van der Waals surface area contributed by atoms with Crippen LogP contribution in [0.2, 0.25) is 0 Å². The molecule has 0 aliphatic heterocycles. The summed E-state index contributed by atoms with van der Waals surface area (Å²) in [5.41, 5.74) is -3.87. The Morgan fingerprint density at radius 3 is 2.45 bits per heavy atom. The maximum Gasteiger partial charge on any atom is 0.435 e. The number of aliphatic hydroxyl groups is 1. The fraction of sp³-hybridized carbons (Fsp3) is 0.333. The van der Waals surface area contributed by atoms with E-state index in [0.29, 0.717) is 12.8 Å². The second-order valence-corrected chi connectivity index (χ2v) is 11.2. The fourth-order valence-corrected chi connectivity index (χ4v) is 4.65. The number of nitrogens with one attached hydrogen (secondary N) is 2. The van der Waals surface area contributed by atoms with Gasteiger partial charge in [-0.15, -0.1) is 10.2 Å². The van der Waals surface area contributed by atoms with E-state index in [1.807, 2.05) is 0 Å². The topological polar surface area (TPSA) is 138 Å². The third-order valence-corrected chi connectivity index (χ3v) is 7.33. The number of benzene rings is 1. The third kappa shape index (κ3) is 5.31. The van der Waals surface area contributed by atoms with Gasteiger partial charge in [0.25, 0.3) is 11.8 Å². The van der Waals surface area contributed by atoms with Gasteiger partial charge in [-0.2, -0.15) is 13.2 Å². The Balaban J connectivity index is 1.76. The molecule has 38 heavy (non-hydrogen) atoms. The highest BCUT2D eigenvalue weighted by Gasteiger charge is 2.40. The number of anilines is 1. The average molecular weight is 554 g/mol. The minimum atomic E-state index is -4.95. The molecule has 9 nitrogen and oxygen atoms in total. The number of carbonyl (C=O) groups excluding carboxylic acids is 1. The van der Waals surface area contributed by atoms with Crippen molar-refractivity contribution >= 4 is 21.3 Å². The van der Waals surface area contributed by atoms with Crippen LogP contribution in [0.15, 0.2) is 35.2 Å². The highest BCUT2D eigenvalue weighted by Crippen LogP contribution is 2.42. The van der Waals surface area contributed by atoms with Crippen LogP contribution in [0.1, 0.15) is 52.3 Å². The van der Waals surface area contributed by atoms with Gasteiger partial charge in [-0.3, -0.25) is 9.78 Å². The number of pyridine rings is 1. The van der Waals surface area contributed by atoms with E-state index in [1.165, 1.54) is 37.4 Å². The van der Waals surface area contributed by atoms with Crippen LogP contribution in [0.5, 0.6) is 11.6 Å². The van der Waals surface area contributed by atoms with Crippen LogP contribution in [-0.4, -0.2) is 36.7 Å². The molecule has 1 atom stereocenters. The molecule has 14 heteroatoms. The summed E-state index contributed by atoms with van der Waals surface area (Å²) in [5.74, 6) is -3.25. The van der Waals surface area contributed by atoms with Crippen LogP contribution in [0.25, 0.3) is 0 Å². The van der Waals surface area contributed by atoms with Crippen LogP contribution < -0.4 is 10.1 Å². The second kappa shape index (κ2) is 9.58. The standard InChI is InChI=1S/C24H23F4N5O4S/c1-12-18(21(34)31-14-6-4-7-15(10-14)38(3,29)36)22(33-32-20(12)24(26,27)28)37-19-13(2)30-17(11-16(19)25)23(35)8-5-9-23/h4,6-7,10-11,29,35H,5,8-9H2,1-3H3,(H,31,34). The Morgan fingerprint density at radius 1 is 1.21 bits per heavy atom. The number of aromatic nitrogens is 3. The van der Waals surface area contributed by atoms with Crippen LogP contribution in [-0.2, 0) is 21.5 Å². The van der Waals surface area contributed by atoms with Crippen LogP contribution in [0.3, 0.4) is 0 Å². The number of rotatable bonds is 6. The molecule has 1 aliphatic carbocycles. The monoisotopic (exact) mass is 553 g/mol. The molecule has 1 saturated carbocycles. The number of alkyl halides is 3. The molecule has 3 aromatic rings. The molecule has 1 aliphatic rings. The minimum absolute atomic E-state index is 0.0214. The molecule has 4 rings (SSSR count). The first-order chi connectivity index (χ1) is 17.6. The molecule has 0 radical (unpaired) electrons. The molecule has 202 valence electrons. The largest absolute Gasteiger partial charge is 0.435 e. The third-order valence-electron chi connectivity index (χ3n) is 6.18. The van der Waals surface area contributed by atoms with Crippen molar-refractivity contribution in [3.8, 4) is 11.6 Å². The van der Waals surface area contributed by atoms with Crippen molar-refractivity contribution in [2.45, 2.75) is 49.8 Å². The first-order valence-corrected chi connectivity index (χ1v) is 13.2. The molecule has 1 aromatic carbocycles. The summed E-state index contributed by atoms with van der Waals surface area (Å²) in [7, 11) is -3.14. The van der Waals surface area contributed by atoms with Crippen LogP contribution in [0.4, 0.5) is 23.2 Å². The van der Waals surface area contributed by atoms with Gasteiger partial charge in [-0.1, -0.05) is 6.07 Å². The summed E-state index contributed by atoms with van der Waals surface area (Å²) >= 11 is 0. The summed E-state index contributed by atoms with van der Waals surface area (Å²) in [6.45, 7) is 2.37. The van der Waals surface area contributed by atoms with Crippen molar-refractivity contribution in [3.63, 3.8) is 0 Å². The Hall–Kier alpha value is -3.65. The number of hydrogen-bond donors (Lipinski definition) is 3. The van der Waals surface area contributed by atoms with E-state index in [-0.39, 0.29) is 22.0 Å². The number of ether oxygens (including phenoxy) is 1. The number of amides is 1. The van der Waals surface area contributed by atoms with E-state index in [0.717, 1.165) is 19.4 Å². The zero-order valence-electron chi connectivity index (χ0n) is 20.4. The maximum atomic E-state index is 15.0. The van der Waals surface area contributed by atoms with E-state index >= 15 is 4.39 Å². The van der Waals surface area contributed by atoms with Gasteiger partial charge < -0.3 is 15.2 Å². The number of hydrogen-bond acceptors (Lipinski definition) is 8. The summed E-state index contributed by atoms with van der Waals surface area (Å²) in [6.07, 6.45) is -2.23. The number of carbonyl (C=O) groups is 1. The zero-order valence-corrected chi connectivity index (χ0v) is 21.3. The van der Waals surface area contributed by atoms with Crippen LogP contribution >= 0.6 is 0 Å². The van der Waals surface area contributed by atoms with Crippen molar-refractivity contribution in [2.24, 2.45) is 0 Å². The molecule has 2 heterocycles. The smallest absolute Gasteiger partial charge is 0.432 e. The highest BCUT2D eigenvalue weighted by atomic mass is 32.2. The van der Waals surface area contributed by atoms with Gasteiger partial charge in [-0.25, -0.2) is 13.4 Å². The second-order valence-electron chi connectivity index (χ2n) is 9.07. The van der Waals surface area contributed by atoms with Crippen LogP contribution in [0, 0.1) is 24.4 Å². The Labute approximate surface area is 215 Å². The van der Waals surface area contributed by atoms with Gasteiger partial charge in [0.1, 0.15) is 11.2 Å². The number of aryl methyl sites for hydroxylation is 1. The quantitative estimate of drug-likeness (QED) is 0.361. The van der Waals surface area contributed by atoms with Gasteiger partial charge in [0.05, 0.1) is 21.1 Å². The summed E-state index contributed by atoms with van der Waals surface area (Å²) < 4.78 is 81.0. The summed E-state index contributed by atoms with van der Waals surface area (Å²) in [6, 6.07) is 6.43. The molecule has 0 spiro atoms. The van der Waals surface area contributed by atoms with E-state index in [4.69, 9.17) is 9.52 Å². The van der Waals surface area contributed by atoms with E-state index in [9.17, 15) is 27.3 Å². The molecule has 1 unspecified atom stereocenters. The van der Waals surface area contributed by atoms with Gasteiger partial charge in [0.2, 0.25) is 0 Å². The predicted octanol–water partition coefficient (Wildman–Crippen LogP) is 5.10. The normalized spacial score (nSPS) is 16.3. The lowest BCUT2D eigenvalue weighted by molar-refractivity contribution is -0.142. The lowest BCUT2D eigenvalue weighted by Gasteiger charge is -2.36. The lowest BCUT2D eigenvalue weighted by Crippen LogP contribution is -2.35. The fourth-order valence-electron chi connectivity index (χ4n) is 3.96. The summed E-state index contributed by atoms with van der Waals surface area (Å²) in [4.78, 5) is 17.5.